The Bertz CT molecular complexity index is 842. The summed E-state index contributed by atoms with van der Waals surface area (Å²) in [4.78, 5) is 27.3. The van der Waals surface area contributed by atoms with Crippen molar-refractivity contribution < 1.29 is 19.1 Å². The number of Topliss-reactive ketones (excluding diaryl/α,β-unsaturated/α-hetero) is 1. The summed E-state index contributed by atoms with van der Waals surface area (Å²) in [6, 6.07) is 3.48. The van der Waals surface area contributed by atoms with Gasteiger partial charge in [0.2, 0.25) is 0 Å². The number of benzene rings is 1. The number of hydrogen-bond acceptors (Lipinski definition) is 4. The topological polar surface area (TPSA) is 80.4 Å². The van der Waals surface area contributed by atoms with Gasteiger partial charge in [0.05, 0.1) is 5.69 Å². The van der Waals surface area contributed by atoms with Crippen LogP contribution in [0.3, 0.4) is 0 Å². The second kappa shape index (κ2) is 6.32. The Balaban J connectivity index is 1.91. The molecule has 1 aromatic heterocycles. The number of hydrogen-bond donors (Lipinski definition) is 2. The van der Waals surface area contributed by atoms with E-state index < -0.39 is 0 Å². The van der Waals surface area contributed by atoms with Gasteiger partial charge in [-0.1, -0.05) is 0 Å². The maximum Gasteiger partial charge on any atom is 0.272 e. The number of carbonyl (C=O) groups is 2. The van der Waals surface area contributed by atoms with E-state index >= 15 is 0 Å². The van der Waals surface area contributed by atoms with Crippen LogP contribution in [0, 0.1) is 13.8 Å². The Hall–Kier alpha value is -2.28. The van der Waals surface area contributed by atoms with Gasteiger partial charge in [-0.15, -0.1) is 0 Å². The third kappa shape index (κ3) is 2.91. The normalized spacial score (nSPS) is 12.8. The molecule has 0 bridgehead atoms. The highest BCUT2D eigenvalue weighted by Gasteiger charge is 2.21. The lowest BCUT2D eigenvalue weighted by Crippen LogP contribution is -2.17. The van der Waals surface area contributed by atoms with E-state index in [4.69, 9.17) is 9.47 Å². The number of ether oxygens (including phenoxy) is 2. The van der Waals surface area contributed by atoms with E-state index in [9.17, 15) is 9.59 Å². The molecule has 2 aromatic rings. The van der Waals surface area contributed by atoms with Gasteiger partial charge in [-0.05, 0) is 42.3 Å². The predicted octanol–water partition coefficient (Wildman–Crippen LogP) is 3.62. The number of rotatable bonds is 3. The molecule has 3 rings (SSSR count). The summed E-state index contributed by atoms with van der Waals surface area (Å²) in [7, 11) is 0. The monoisotopic (exact) mass is 392 g/mol. The first-order valence-corrected chi connectivity index (χ1v) is 8.28. The Labute approximate surface area is 147 Å². The lowest BCUT2D eigenvalue weighted by Gasteiger charge is -2.20. The van der Waals surface area contributed by atoms with E-state index in [2.05, 4.69) is 26.2 Å². The first-order valence-electron chi connectivity index (χ1n) is 7.49. The van der Waals surface area contributed by atoms with E-state index in [0.29, 0.717) is 57.4 Å². The van der Waals surface area contributed by atoms with E-state index in [-0.39, 0.29) is 11.7 Å². The number of fused-ring (bicyclic) bond motifs is 1. The van der Waals surface area contributed by atoms with Crippen LogP contribution in [0.15, 0.2) is 16.6 Å². The summed E-state index contributed by atoms with van der Waals surface area (Å²) < 4.78 is 11.7. The number of H-pyrrole nitrogens is 1. The van der Waals surface area contributed by atoms with Crippen LogP contribution in [0.25, 0.3) is 0 Å². The first kappa shape index (κ1) is 16.6. The molecule has 0 fully saturated rings. The molecule has 0 unspecified atom stereocenters. The second-order valence-electron chi connectivity index (χ2n) is 5.61. The van der Waals surface area contributed by atoms with Crippen molar-refractivity contribution in [3.8, 4) is 11.5 Å². The predicted molar refractivity (Wildman–Crippen MR) is 93.4 cm³/mol. The number of nitrogens with one attached hydrogen (secondary N) is 2. The standard InChI is InChI=1S/C17H17BrN2O4/c1-8-15(10(3)21)9(2)19-16(8)17(22)20-12-7-14-13(6-11(12)18)23-4-5-24-14/h6-7,19H,4-5H2,1-3H3,(H,20,22). The van der Waals surface area contributed by atoms with Crippen LogP contribution in [-0.4, -0.2) is 29.9 Å². The third-order valence-corrected chi connectivity index (χ3v) is 4.55. The van der Waals surface area contributed by atoms with Crippen molar-refractivity contribution in [1.82, 2.24) is 4.98 Å². The number of halogens is 1. The van der Waals surface area contributed by atoms with Gasteiger partial charge in [0.25, 0.3) is 5.91 Å². The highest BCUT2D eigenvalue weighted by molar-refractivity contribution is 9.10. The lowest BCUT2D eigenvalue weighted by molar-refractivity contribution is 0.101. The van der Waals surface area contributed by atoms with Gasteiger partial charge in [-0.25, -0.2) is 0 Å². The summed E-state index contributed by atoms with van der Waals surface area (Å²) in [6.07, 6.45) is 0. The van der Waals surface area contributed by atoms with Gasteiger partial charge in [0.1, 0.15) is 18.9 Å². The molecular formula is C17H17BrN2O4. The average Bonchev–Trinajstić information content (AvgIpc) is 2.83. The fraction of sp³-hybridized carbons (Fsp3) is 0.294. The fourth-order valence-corrected chi connectivity index (χ4v) is 3.27. The summed E-state index contributed by atoms with van der Waals surface area (Å²) in [5.41, 5.74) is 2.83. The molecule has 1 aliphatic rings. The van der Waals surface area contributed by atoms with Crippen LogP contribution in [-0.2, 0) is 0 Å². The van der Waals surface area contributed by atoms with Crippen LogP contribution in [0.1, 0.15) is 39.0 Å². The van der Waals surface area contributed by atoms with Gasteiger partial charge in [-0.2, -0.15) is 0 Å². The molecule has 0 spiro atoms. The molecule has 0 radical (unpaired) electrons. The van der Waals surface area contributed by atoms with Gasteiger partial charge in [-0.3, -0.25) is 9.59 Å². The minimum absolute atomic E-state index is 0.0687. The Morgan fingerprint density at radius 1 is 1.17 bits per heavy atom. The molecule has 2 heterocycles. The van der Waals surface area contributed by atoms with Crippen molar-refractivity contribution in [3.05, 3.63) is 39.1 Å². The second-order valence-corrected chi connectivity index (χ2v) is 6.47. The molecular weight excluding hydrogens is 376 g/mol. The van der Waals surface area contributed by atoms with Gasteiger partial charge in [0.15, 0.2) is 17.3 Å². The number of aromatic amines is 1. The number of aryl methyl sites for hydroxylation is 1. The Morgan fingerprint density at radius 3 is 2.38 bits per heavy atom. The Kier molecular flexibility index (Phi) is 4.36. The number of anilines is 1. The molecule has 0 atom stereocenters. The number of carbonyl (C=O) groups excluding carboxylic acids is 2. The zero-order valence-corrected chi connectivity index (χ0v) is 15.2. The molecule has 6 nitrogen and oxygen atoms in total. The smallest absolute Gasteiger partial charge is 0.272 e. The molecule has 1 amide bonds. The first-order chi connectivity index (χ1) is 11.4. The molecule has 0 aliphatic carbocycles. The quantitative estimate of drug-likeness (QED) is 0.781. The van der Waals surface area contributed by atoms with Crippen molar-refractivity contribution >= 4 is 33.3 Å². The lowest BCUT2D eigenvalue weighted by atomic mass is 10.1. The maximum atomic E-state index is 12.6. The summed E-state index contributed by atoms with van der Waals surface area (Å²) >= 11 is 3.42. The SMILES string of the molecule is CC(=O)c1c(C)[nH]c(C(=O)Nc2cc3c(cc2Br)OCCO3)c1C. The molecule has 1 aromatic carbocycles. The fourth-order valence-electron chi connectivity index (χ4n) is 2.85. The van der Waals surface area contributed by atoms with Crippen LogP contribution in [0.4, 0.5) is 5.69 Å². The molecule has 7 heteroatoms. The molecule has 2 N–H and O–H groups in total. The van der Waals surface area contributed by atoms with Crippen molar-refractivity contribution in [2.24, 2.45) is 0 Å². The molecule has 126 valence electrons. The summed E-state index contributed by atoms with van der Waals surface area (Å²) in [5.74, 6) is 0.835. The van der Waals surface area contributed by atoms with E-state index in [0.717, 1.165) is 0 Å². The van der Waals surface area contributed by atoms with Crippen molar-refractivity contribution in [1.29, 1.82) is 0 Å². The van der Waals surface area contributed by atoms with Crippen molar-refractivity contribution in [3.63, 3.8) is 0 Å². The highest BCUT2D eigenvalue weighted by atomic mass is 79.9. The minimum atomic E-state index is -0.319. The van der Waals surface area contributed by atoms with E-state index in [1.54, 1.807) is 26.0 Å². The number of amides is 1. The number of aromatic nitrogens is 1. The summed E-state index contributed by atoms with van der Waals surface area (Å²) in [6.45, 7) is 6.00. The molecule has 0 saturated heterocycles. The molecule has 24 heavy (non-hydrogen) atoms. The third-order valence-electron chi connectivity index (χ3n) is 3.90. The molecule has 1 aliphatic heterocycles. The van der Waals surface area contributed by atoms with Gasteiger partial charge in [0, 0.05) is 27.9 Å². The van der Waals surface area contributed by atoms with Crippen molar-refractivity contribution in [2.75, 3.05) is 18.5 Å². The highest BCUT2D eigenvalue weighted by Crippen LogP contribution is 2.38. The van der Waals surface area contributed by atoms with Crippen LogP contribution in [0.5, 0.6) is 11.5 Å². The van der Waals surface area contributed by atoms with E-state index in [1.165, 1.54) is 6.92 Å². The maximum absolute atomic E-state index is 12.6. The Morgan fingerprint density at radius 2 is 1.79 bits per heavy atom. The molecule has 0 saturated carbocycles. The summed E-state index contributed by atoms with van der Waals surface area (Å²) in [5, 5.41) is 2.83. The minimum Gasteiger partial charge on any atom is -0.486 e. The average molecular weight is 393 g/mol. The number of ketones is 1. The van der Waals surface area contributed by atoms with Gasteiger partial charge < -0.3 is 19.8 Å². The van der Waals surface area contributed by atoms with Crippen LogP contribution in [0.2, 0.25) is 0 Å². The van der Waals surface area contributed by atoms with Crippen LogP contribution >= 0.6 is 15.9 Å². The van der Waals surface area contributed by atoms with E-state index in [1.807, 2.05) is 0 Å². The zero-order chi connectivity index (χ0) is 17.4. The largest absolute Gasteiger partial charge is 0.486 e. The van der Waals surface area contributed by atoms with Crippen LogP contribution < -0.4 is 14.8 Å². The van der Waals surface area contributed by atoms with Gasteiger partial charge >= 0.3 is 0 Å². The zero-order valence-electron chi connectivity index (χ0n) is 13.6. The van der Waals surface area contributed by atoms with Crippen molar-refractivity contribution in [2.45, 2.75) is 20.8 Å².